The molecular weight excluding hydrogens is 330 g/mol. The van der Waals surface area contributed by atoms with E-state index in [9.17, 15) is 9.59 Å². The van der Waals surface area contributed by atoms with Gasteiger partial charge in [-0.2, -0.15) is 5.26 Å². The smallest absolute Gasteiger partial charge is 0.340 e. The minimum atomic E-state index is -0.963. The molecule has 6 heteroatoms. The molecule has 0 aliphatic carbocycles. The SMILES string of the molecule is Cc1cc(C(=O)O[C@@H](C)C(=O)Nc2cccc(C#N)c2)c(C)n1C(C)C. The highest BCUT2D eigenvalue weighted by Gasteiger charge is 2.23. The Bertz CT molecular complexity index is 875. The van der Waals surface area contributed by atoms with Crippen molar-refractivity contribution in [3.8, 4) is 6.07 Å². The first-order valence-corrected chi connectivity index (χ1v) is 8.45. The molecule has 0 unspecified atom stereocenters. The van der Waals surface area contributed by atoms with E-state index in [1.54, 1.807) is 30.3 Å². The number of carbonyl (C=O) groups excluding carboxylic acids is 2. The Morgan fingerprint density at radius 2 is 1.88 bits per heavy atom. The third-order valence-corrected chi connectivity index (χ3v) is 4.13. The number of esters is 1. The predicted molar refractivity (Wildman–Crippen MR) is 99.0 cm³/mol. The van der Waals surface area contributed by atoms with Crippen LogP contribution in [0.1, 0.15) is 54.1 Å². The van der Waals surface area contributed by atoms with Crippen LogP contribution in [0.15, 0.2) is 30.3 Å². The zero-order chi connectivity index (χ0) is 19.4. The molecule has 26 heavy (non-hydrogen) atoms. The van der Waals surface area contributed by atoms with Gasteiger partial charge < -0.3 is 14.6 Å². The van der Waals surface area contributed by atoms with E-state index in [0.29, 0.717) is 16.8 Å². The number of nitriles is 1. The quantitative estimate of drug-likeness (QED) is 0.830. The third-order valence-electron chi connectivity index (χ3n) is 4.13. The molecule has 1 aromatic carbocycles. The molecule has 1 atom stereocenters. The molecule has 0 fully saturated rings. The van der Waals surface area contributed by atoms with Crippen molar-refractivity contribution in [3.63, 3.8) is 0 Å². The summed E-state index contributed by atoms with van der Waals surface area (Å²) < 4.78 is 7.38. The summed E-state index contributed by atoms with van der Waals surface area (Å²) in [6, 6.07) is 10.6. The molecule has 0 bridgehead atoms. The van der Waals surface area contributed by atoms with E-state index in [0.717, 1.165) is 11.4 Å². The summed E-state index contributed by atoms with van der Waals surface area (Å²) in [6.45, 7) is 9.40. The largest absolute Gasteiger partial charge is 0.449 e. The fraction of sp³-hybridized carbons (Fsp3) is 0.350. The number of anilines is 1. The number of aryl methyl sites for hydroxylation is 1. The van der Waals surface area contributed by atoms with Gasteiger partial charge in [0.25, 0.3) is 5.91 Å². The predicted octanol–water partition coefficient (Wildman–Crippen LogP) is 3.74. The van der Waals surface area contributed by atoms with Crippen molar-refractivity contribution >= 4 is 17.6 Å². The number of hydrogen-bond acceptors (Lipinski definition) is 4. The summed E-state index contributed by atoms with van der Waals surface area (Å²) in [5.74, 6) is -0.982. The fourth-order valence-corrected chi connectivity index (χ4v) is 2.97. The number of rotatable bonds is 5. The average molecular weight is 353 g/mol. The molecule has 0 radical (unpaired) electrons. The van der Waals surface area contributed by atoms with Gasteiger partial charge >= 0.3 is 5.97 Å². The summed E-state index contributed by atoms with van der Waals surface area (Å²) >= 11 is 0. The number of nitrogens with one attached hydrogen (secondary N) is 1. The molecule has 0 saturated carbocycles. The summed E-state index contributed by atoms with van der Waals surface area (Å²) in [6.07, 6.45) is -0.963. The maximum atomic E-state index is 12.5. The van der Waals surface area contributed by atoms with Crippen LogP contribution in [0, 0.1) is 25.2 Å². The number of ether oxygens (including phenoxy) is 1. The molecule has 1 amide bonds. The van der Waals surface area contributed by atoms with E-state index >= 15 is 0 Å². The van der Waals surface area contributed by atoms with Gasteiger partial charge in [0, 0.05) is 23.1 Å². The van der Waals surface area contributed by atoms with Crippen LogP contribution in [0.4, 0.5) is 5.69 Å². The second-order valence-electron chi connectivity index (χ2n) is 6.48. The maximum absolute atomic E-state index is 12.5. The Kier molecular flexibility index (Phi) is 5.83. The Labute approximate surface area is 153 Å². The highest BCUT2D eigenvalue weighted by Crippen LogP contribution is 2.21. The first-order chi connectivity index (χ1) is 12.2. The normalized spacial score (nSPS) is 11.7. The molecular formula is C20H23N3O3. The van der Waals surface area contributed by atoms with Gasteiger partial charge in [0.2, 0.25) is 0 Å². The van der Waals surface area contributed by atoms with E-state index in [2.05, 4.69) is 9.88 Å². The minimum Gasteiger partial charge on any atom is -0.449 e. The number of hydrogen-bond donors (Lipinski definition) is 1. The van der Waals surface area contributed by atoms with Crippen molar-refractivity contribution in [1.29, 1.82) is 5.26 Å². The van der Waals surface area contributed by atoms with Gasteiger partial charge in [0.1, 0.15) is 0 Å². The average Bonchev–Trinajstić information content (AvgIpc) is 2.89. The van der Waals surface area contributed by atoms with E-state index in [-0.39, 0.29) is 6.04 Å². The first-order valence-electron chi connectivity index (χ1n) is 8.45. The Balaban J connectivity index is 2.08. The number of aromatic nitrogens is 1. The van der Waals surface area contributed by atoms with Crippen molar-refractivity contribution in [3.05, 3.63) is 52.8 Å². The van der Waals surface area contributed by atoms with Gasteiger partial charge in [-0.15, -0.1) is 0 Å². The van der Waals surface area contributed by atoms with Gasteiger partial charge in [0.15, 0.2) is 6.10 Å². The third kappa shape index (κ3) is 4.12. The molecule has 0 saturated heterocycles. The van der Waals surface area contributed by atoms with Crippen molar-refractivity contribution in [1.82, 2.24) is 4.57 Å². The summed E-state index contributed by atoms with van der Waals surface area (Å²) in [7, 11) is 0. The van der Waals surface area contributed by atoms with Crippen LogP contribution in [0.2, 0.25) is 0 Å². The van der Waals surface area contributed by atoms with E-state index in [4.69, 9.17) is 10.00 Å². The van der Waals surface area contributed by atoms with Crippen LogP contribution in [-0.2, 0) is 9.53 Å². The van der Waals surface area contributed by atoms with Crippen LogP contribution in [0.5, 0.6) is 0 Å². The fourth-order valence-electron chi connectivity index (χ4n) is 2.97. The molecule has 1 aromatic heterocycles. The molecule has 0 spiro atoms. The molecule has 2 aromatic rings. The first kappa shape index (κ1) is 19.3. The zero-order valence-corrected chi connectivity index (χ0v) is 15.7. The Morgan fingerprint density at radius 3 is 2.46 bits per heavy atom. The Hall–Kier alpha value is -3.07. The lowest BCUT2D eigenvalue weighted by atomic mass is 10.2. The van der Waals surface area contributed by atoms with Gasteiger partial charge in [-0.3, -0.25) is 4.79 Å². The van der Waals surface area contributed by atoms with Crippen LogP contribution in [0.3, 0.4) is 0 Å². The lowest BCUT2D eigenvalue weighted by Crippen LogP contribution is -2.30. The highest BCUT2D eigenvalue weighted by molar-refractivity contribution is 5.97. The van der Waals surface area contributed by atoms with E-state index in [1.165, 1.54) is 6.92 Å². The second kappa shape index (κ2) is 7.87. The highest BCUT2D eigenvalue weighted by atomic mass is 16.5. The standard InChI is InChI=1S/C20H23N3O3/c1-12(2)23-13(3)9-18(14(23)4)20(25)26-15(5)19(24)22-17-8-6-7-16(10-17)11-21/h6-10,12,15H,1-5H3,(H,22,24)/t15-/m0/s1. The van der Waals surface area contributed by atoms with Crippen molar-refractivity contribution in [2.24, 2.45) is 0 Å². The van der Waals surface area contributed by atoms with Crippen LogP contribution < -0.4 is 5.32 Å². The summed E-state index contributed by atoms with van der Waals surface area (Å²) in [5, 5.41) is 11.6. The topological polar surface area (TPSA) is 84.1 Å². The van der Waals surface area contributed by atoms with Crippen molar-refractivity contribution < 1.29 is 14.3 Å². The van der Waals surface area contributed by atoms with Gasteiger partial charge in [-0.25, -0.2) is 4.79 Å². The molecule has 6 nitrogen and oxygen atoms in total. The number of amides is 1. The lowest BCUT2D eigenvalue weighted by molar-refractivity contribution is -0.123. The monoisotopic (exact) mass is 353 g/mol. The Morgan fingerprint density at radius 1 is 1.19 bits per heavy atom. The molecule has 0 aliphatic heterocycles. The zero-order valence-electron chi connectivity index (χ0n) is 15.7. The van der Waals surface area contributed by atoms with Gasteiger partial charge in [-0.05, 0) is 58.9 Å². The maximum Gasteiger partial charge on any atom is 0.340 e. The van der Waals surface area contributed by atoms with Crippen LogP contribution >= 0.6 is 0 Å². The summed E-state index contributed by atoms with van der Waals surface area (Å²) in [4.78, 5) is 24.7. The van der Waals surface area contributed by atoms with E-state index in [1.807, 2.05) is 33.8 Å². The van der Waals surface area contributed by atoms with E-state index < -0.39 is 18.0 Å². The number of carbonyl (C=O) groups is 2. The molecule has 1 heterocycles. The molecule has 0 aliphatic rings. The molecule has 2 rings (SSSR count). The second-order valence-corrected chi connectivity index (χ2v) is 6.48. The van der Waals surface area contributed by atoms with Crippen molar-refractivity contribution in [2.75, 3.05) is 5.32 Å². The summed E-state index contributed by atoms with van der Waals surface area (Å²) in [5.41, 5.74) is 3.16. The van der Waals surface area contributed by atoms with Gasteiger partial charge in [-0.1, -0.05) is 6.07 Å². The van der Waals surface area contributed by atoms with Crippen LogP contribution in [0.25, 0.3) is 0 Å². The molecule has 1 N–H and O–H groups in total. The van der Waals surface area contributed by atoms with Gasteiger partial charge in [0.05, 0.1) is 17.2 Å². The number of benzene rings is 1. The minimum absolute atomic E-state index is 0.227. The molecule has 136 valence electrons. The van der Waals surface area contributed by atoms with Crippen LogP contribution in [-0.4, -0.2) is 22.5 Å². The lowest BCUT2D eigenvalue weighted by Gasteiger charge is -2.15. The number of nitrogens with zero attached hydrogens (tertiary/aromatic N) is 2. The van der Waals surface area contributed by atoms with Crippen molar-refractivity contribution in [2.45, 2.75) is 46.8 Å².